The van der Waals surface area contributed by atoms with E-state index in [0.29, 0.717) is 21.9 Å². The van der Waals surface area contributed by atoms with Gasteiger partial charge in [-0.3, -0.25) is 0 Å². The summed E-state index contributed by atoms with van der Waals surface area (Å²) in [6.07, 6.45) is 0. The van der Waals surface area contributed by atoms with E-state index < -0.39 is 0 Å². The molecular weight excluding hydrogens is 808 g/mol. The van der Waals surface area contributed by atoms with Gasteiger partial charge in [-0.1, -0.05) is 142 Å². The first-order chi connectivity index (χ1) is 32.8. The molecule has 1 nitrogen and oxygen atoms in total. The third-order valence-corrected chi connectivity index (χ3v) is 14.4. The lowest BCUT2D eigenvalue weighted by atomic mass is 9.58. The van der Waals surface area contributed by atoms with Gasteiger partial charge in [0, 0.05) is 16.3 Å². The molecule has 0 amide bonds. The van der Waals surface area contributed by atoms with Gasteiger partial charge < -0.3 is 4.42 Å². The van der Waals surface area contributed by atoms with Crippen LogP contribution in [-0.2, 0) is 0 Å². The molecule has 0 saturated carbocycles. The van der Waals surface area contributed by atoms with Crippen LogP contribution in [0.5, 0.6) is 0 Å². The molecular formula is C56H21B11O. The smallest absolute Gasteiger partial charge is 0.143 e. The maximum atomic E-state index is 7.42. The molecule has 0 aliphatic rings. The molecule has 0 spiro atoms. The summed E-state index contributed by atoms with van der Waals surface area (Å²) in [6, 6.07) is 45.6. The van der Waals surface area contributed by atoms with E-state index in [9.17, 15) is 0 Å². The number of hydrogen-bond donors (Lipinski definition) is 0. The van der Waals surface area contributed by atoms with E-state index in [4.69, 9.17) is 90.7 Å². The minimum Gasteiger partial charge on any atom is -0.456 e. The van der Waals surface area contributed by atoms with E-state index in [1.807, 2.05) is 0 Å². The molecule has 12 heteroatoms. The zero-order valence-electron chi connectivity index (χ0n) is 36.4. The summed E-state index contributed by atoms with van der Waals surface area (Å²) in [7, 11) is 74.2. The molecule has 284 valence electrons. The van der Waals surface area contributed by atoms with E-state index in [1.54, 1.807) is 0 Å². The topological polar surface area (TPSA) is 13.1 Å². The second-order valence-corrected chi connectivity index (χ2v) is 17.9. The molecule has 1 heterocycles. The first-order valence-electron chi connectivity index (χ1n) is 22.0. The Morgan fingerprint density at radius 2 is 0.618 bits per heavy atom. The standard InChI is InChI=1S/C56H21B11O/c57-44-39(40-42-48(61)51(64)53(66)54(67)56(42)68-55(40)43(47(44)60)41-45(58)49(62)52(65)50(63)46(41)59)30-20-28(31-15-11-26-9-7-22-3-1-5-24-13-17-33(31)37(26)35(22)24)19-29(21-30)32-16-12-27-10-8-23-4-2-6-25-14-18-34(32)38(27)36(23)25/h1-21H. The molecule has 0 atom stereocenters. The Hall–Kier alpha value is -6.77. The van der Waals surface area contributed by atoms with Gasteiger partial charge in [0.1, 0.15) is 97.5 Å². The third kappa shape index (κ3) is 5.49. The van der Waals surface area contributed by atoms with E-state index in [0.717, 1.165) is 43.8 Å². The van der Waals surface area contributed by atoms with Crippen LogP contribution in [0, 0.1) is 0 Å². The monoisotopic (exact) mass is 830 g/mol. The Balaban J connectivity index is 1.20. The molecule has 13 rings (SSSR count). The van der Waals surface area contributed by atoms with Crippen LogP contribution in [-0.4, -0.2) is 86.3 Å². The highest BCUT2D eigenvalue weighted by Crippen LogP contribution is 2.46. The highest BCUT2D eigenvalue weighted by Gasteiger charge is 2.28. The average molecular weight is 829 g/mol. The molecule has 0 saturated heterocycles. The molecule has 0 N–H and O–H groups in total. The van der Waals surface area contributed by atoms with Gasteiger partial charge in [-0.15, -0.1) is 27.3 Å². The van der Waals surface area contributed by atoms with Crippen molar-refractivity contribution in [1.29, 1.82) is 0 Å². The molecule has 0 aliphatic heterocycles. The first-order valence-corrected chi connectivity index (χ1v) is 22.0. The second kappa shape index (κ2) is 14.6. The predicted molar refractivity (Wildman–Crippen MR) is 302 cm³/mol. The van der Waals surface area contributed by atoms with Crippen molar-refractivity contribution in [2.24, 2.45) is 0 Å². The van der Waals surface area contributed by atoms with Crippen molar-refractivity contribution in [3.63, 3.8) is 0 Å². The number of rotatable bonds is 4. The highest BCUT2D eigenvalue weighted by molar-refractivity contribution is 6.71. The van der Waals surface area contributed by atoms with Gasteiger partial charge in [0.15, 0.2) is 0 Å². The Labute approximate surface area is 407 Å². The minimum atomic E-state index is 0.0180. The lowest BCUT2D eigenvalue weighted by Gasteiger charge is -2.25. The number of fused-ring (bicyclic) bond motifs is 3. The van der Waals surface area contributed by atoms with Crippen LogP contribution in [0.1, 0.15) is 0 Å². The quantitative estimate of drug-likeness (QED) is 0.197. The zero-order valence-corrected chi connectivity index (χ0v) is 36.4. The lowest BCUT2D eigenvalue weighted by molar-refractivity contribution is 0.673. The fraction of sp³-hybridized carbons (Fsp3) is 0. The van der Waals surface area contributed by atoms with Crippen molar-refractivity contribution in [3.05, 3.63) is 127 Å². The Morgan fingerprint density at radius 1 is 0.250 bits per heavy atom. The maximum Gasteiger partial charge on any atom is 0.143 e. The van der Waals surface area contributed by atoms with Crippen molar-refractivity contribution >= 4 is 233 Å². The van der Waals surface area contributed by atoms with Gasteiger partial charge in [0.25, 0.3) is 0 Å². The lowest BCUT2D eigenvalue weighted by Crippen LogP contribution is -2.55. The van der Waals surface area contributed by atoms with Gasteiger partial charge in [-0.2, -0.15) is 0 Å². The summed E-state index contributed by atoms with van der Waals surface area (Å²) in [4.78, 5) is 0. The Kier molecular flexibility index (Phi) is 8.91. The fourth-order valence-electron chi connectivity index (χ4n) is 11.1. The molecule has 0 bridgehead atoms. The summed E-state index contributed by atoms with van der Waals surface area (Å²) in [5.74, 6) is 0. The normalized spacial score (nSPS) is 12.2. The van der Waals surface area contributed by atoms with Crippen LogP contribution in [0.15, 0.2) is 132 Å². The molecule has 68 heavy (non-hydrogen) atoms. The first kappa shape index (κ1) is 41.4. The average Bonchev–Trinajstić information content (AvgIpc) is 3.75. The van der Waals surface area contributed by atoms with Crippen molar-refractivity contribution in [2.75, 3.05) is 0 Å². The summed E-state index contributed by atoms with van der Waals surface area (Å²) in [5, 5.41) is 14.7. The third-order valence-electron chi connectivity index (χ3n) is 14.4. The summed E-state index contributed by atoms with van der Waals surface area (Å²) in [5.41, 5.74) is 6.58. The predicted octanol–water partition coefficient (Wildman–Crippen LogP) is 2.78. The van der Waals surface area contributed by atoms with Crippen molar-refractivity contribution < 1.29 is 4.42 Å². The van der Waals surface area contributed by atoms with Crippen molar-refractivity contribution in [2.45, 2.75) is 0 Å². The van der Waals surface area contributed by atoms with Crippen LogP contribution in [0.25, 0.3) is 131 Å². The summed E-state index contributed by atoms with van der Waals surface area (Å²) >= 11 is 0. The number of furan rings is 1. The molecule has 0 fully saturated rings. The Morgan fingerprint density at radius 3 is 1.12 bits per heavy atom. The molecule has 13 aromatic rings. The van der Waals surface area contributed by atoms with E-state index >= 15 is 0 Å². The number of hydrogen-bond acceptors (Lipinski definition) is 1. The van der Waals surface area contributed by atoms with Crippen LogP contribution in [0.4, 0.5) is 0 Å². The van der Waals surface area contributed by atoms with Crippen molar-refractivity contribution in [3.8, 4) is 44.5 Å². The van der Waals surface area contributed by atoms with E-state index in [-0.39, 0.29) is 82.4 Å². The van der Waals surface area contributed by atoms with Crippen molar-refractivity contribution in [1.82, 2.24) is 0 Å². The van der Waals surface area contributed by atoms with E-state index in [1.165, 1.54) is 43.1 Å². The van der Waals surface area contributed by atoms with Gasteiger partial charge in [-0.05, 0) is 122 Å². The molecule has 1 aromatic heterocycles. The van der Waals surface area contributed by atoms with Gasteiger partial charge >= 0.3 is 0 Å². The SMILES string of the molecule is [B]c1c([B])c([B])c(-c2c([B])c([B])c(-c3cc(-c4ccc5ccc6cccc7ccc4c5c67)cc(-c4ccc5ccc6cccc7ccc4c5c67)c3)c3c2oc2c([B])c([B])c([B])c([B])c23)c([B])c1[B]. The summed E-state index contributed by atoms with van der Waals surface area (Å²) in [6.45, 7) is 0. The van der Waals surface area contributed by atoms with Gasteiger partial charge in [0.05, 0.1) is 0 Å². The highest BCUT2D eigenvalue weighted by atomic mass is 16.3. The largest absolute Gasteiger partial charge is 0.456 e. The van der Waals surface area contributed by atoms with Crippen LogP contribution >= 0.6 is 0 Å². The summed E-state index contributed by atoms with van der Waals surface area (Å²) < 4.78 is 6.78. The van der Waals surface area contributed by atoms with E-state index in [2.05, 4.69) is 127 Å². The fourth-order valence-corrected chi connectivity index (χ4v) is 11.1. The minimum absolute atomic E-state index is 0.0180. The van der Waals surface area contributed by atoms with Crippen LogP contribution < -0.4 is 60.1 Å². The van der Waals surface area contributed by atoms with Crippen LogP contribution in [0.3, 0.4) is 0 Å². The maximum absolute atomic E-state index is 7.42. The molecule has 12 aromatic carbocycles. The van der Waals surface area contributed by atoms with Gasteiger partial charge in [0.2, 0.25) is 0 Å². The molecule has 0 unspecified atom stereocenters. The number of benzene rings is 12. The van der Waals surface area contributed by atoms with Crippen LogP contribution in [0.2, 0.25) is 0 Å². The zero-order chi connectivity index (χ0) is 46.8. The Bertz CT molecular complexity index is 4170. The molecule has 0 aliphatic carbocycles. The van der Waals surface area contributed by atoms with Gasteiger partial charge in [-0.25, -0.2) is 0 Å². The second-order valence-electron chi connectivity index (χ2n) is 17.9. The molecule has 22 radical (unpaired) electrons.